The Morgan fingerprint density at radius 2 is 1.72 bits per heavy atom. The summed E-state index contributed by atoms with van der Waals surface area (Å²) in [6.07, 6.45) is -4.54. The van der Waals surface area contributed by atoms with Crippen LogP contribution < -0.4 is 16.2 Å². The van der Waals surface area contributed by atoms with E-state index in [0.717, 1.165) is 17.0 Å². The highest BCUT2D eigenvalue weighted by molar-refractivity contribution is 7.13. The number of carbonyl (C=O) groups excluding carboxylic acids is 2. The Balaban J connectivity index is 1.50. The zero-order chi connectivity index (χ0) is 22.7. The van der Waals surface area contributed by atoms with Crippen LogP contribution in [0.3, 0.4) is 0 Å². The van der Waals surface area contributed by atoms with Crippen LogP contribution in [0, 0.1) is 0 Å². The van der Waals surface area contributed by atoms with Gasteiger partial charge in [-0.05, 0) is 41.8 Å². The standard InChI is InChI=1S/C22H15F3N4O2S/c23-22(24,25)13-5-3-6-14(11-13)26-21(31)29-28-20(30)16-12-18(19-9-4-10-32-19)27-17-8-2-1-7-15(16)17/h1-12H,(H,28,30)(H2,26,29,31). The summed E-state index contributed by atoms with van der Waals surface area (Å²) in [6, 6.07) is 15.7. The number of nitrogens with zero attached hydrogens (tertiary/aromatic N) is 1. The van der Waals surface area contributed by atoms with E-state index in [0.29, 0.717) is 22.2 Å². The first-order valence-corrected chi connectivity index (χ1v) is 10.2. The zero-order valence-corrected chi connectivity index (χ0v) is 17.1. The van der Waals surface area contributed by atoms with Crippen molar-refractivity contribution in [3.63, 3.8) is 0 Å². The molecule has 6 nitrogen and oxygen atoms in total. The van der Waals surface area contributed by atoms with E-state index in [4.69, 9.17) is 0 Å². The van der Waals surface area contributed by atoms with Crippen LogP contribution in [0.1, 0.15) is 15.9 Å². The highest BCUT2D eigenvalue weighted by atomic mass is 32.1. The molecule has 0 atom stereocenters. The Hall–Kier alpha value is -3.92. The highest BCUT2D eigenvalue weighted by Crippen LogP contribution is 2.31. The largest absolute Gasteiger partial charge is 0.416 e. The van der Waals surface area contributed by atoms with Crippen molar-refractivity contribution in [3.8, 4) is 10.6 Å². The fourth-order valence-electron chi connectivity index (χ4n) is 3.03. The number of hydrogen-bond acceptors (Lipinski definition) is 4. The van der Waals surface area contributed by atoms with Crippen molar-refractivity contribution >= 4 is 39.9 Å². The molecule has 3 N–H and O–H groups in total. The van der Waals surface area contributed by atoms with E-state index in [1.807, 2.05) is 17.5 Å². The minimum atomic E-state index is -4.54. The van der Waals surface area contributed by atoms with Crippen molar-refractivity contribution in [3.05, 3.63) is 83.2 Å². The SMILES string of the molecule is O=C(NNC(=O)c1cc(-c2cccs2)nc2ccccc12)Nc1cccc(C(F)(F)F)c1. The van der Waals surface area contributed by atoms with Crippen molar-refractivity contribution in [2.75, 3.05) is 5.32 Å². The molecule has 3 amide bonds. The first-order chi connectivity index (χ1) is 15.3. The summed E-state index contributed by atoms with van der Waals surface area (Å²) in [5.41, 5.74) is 4.98. The lowest BCUT2D eigenvalue weighted by molar-refractivity contribution is -0.137. The van der Waals surface area contributed by atoms with Gasteiger partial charge in [0.15, 0.2) is 0 Å². The lowest BCUT2D eigenvalue weighted by Gasteiger charge is -2.12. The monoisotopic (exact) mass is 456 g/mol. The summed E-state index contributed by atoms with van der Waals surface area (Å²) in [6.45, 7) is 0. The molecule has 0 bridgehead atoms. The third kappa shape index (κ3) is 4.70. The number of alkyl halides is 3. The number of benzene rings is 2. The molecule has 0 aliphatic heterocycles. The van der Waals surface area contributed by atoms with E-state index in [2.05, 4.69) is 21.2 Å². The van der Waals surface area contributed by atoms with E-state index in [1.54, 1.807) is 30.3 Å². The topological polar surface area (TPSA) is 83.1 Å². The summed E-state index contributed by atoms with van der Waals surface area (Å²) >= 11 is 1.47. The average Bonchev–Trinajstić information content (AvgIpc) is 3.31. The van der Waals surface area contributed by atoms with Crippen LogP contribution in [0.4, 0.5) is 23.7 Å². The summed E-state index contributed by atoms with van der Waals surface area (Å²) in [5, 5.41) is 4.74. The van der Waals surface area contributed by atoms with E-state index in [9.17, 15) is 22.8 Å². The number of hydrogen-bond donors (Lipinski definition) is 3. The lowest BCUT2D eigenvalue weighted by atomic mass is 10.1. The zero-order valence-electron chi connectivity index (χ0n) is 16.2. The van der Waals surface area contributed by atoms with Gasteiger partial charge in [-0.3, -0.25) is 10.2 Å². The molecule has 0 aliphatic rings. The molecule has 0 saturated carbocycles. The van der Waals surface area contributed by atoms with Gasteiger partial charge in [0.2, 0.25) is 0 Å². The molecule has 10 heteroatoms. The van der Waals surface area contributed by atoms with Gasteiger partial charge in [0.1, 0.15) is 0 Å². The highest BCUT2D eigenvalue weighted by Gasteiger charge is 2.30. The molecule has 162 valence electrons. The van der Waals surface area contributed by atoms with Crippen molar-refractivity contribution in [2.24, 2.45) is 0 Å². The number of carbonyl (C=O) groups is 2. The second kappa shape index (κ2) is 8.67. The number of anilines is 1. The molecule has 0 unspecified atom stereocenters. The van der Waals surface area contributed by atoms with E-state index in [1.165, 1.54) is 23.5 Å². The van der Waals surface area contributed by atoms with Crippen molar-refractivity contribution in [1.29, 1.82) is 0 Å². The maximum atomic E-state index is 12.8. The third-order valence-corrected chi connectivity index (χ3v) is 5.36. The van der Waals surface area contributed by atoms with Crippen LogP contribution in [0.25, 0.3) is 21.5 Å². The first kappa shape index (κ1) is 21.3. The molecule has 0 aliphatic carbocycles. The molecule has 4 aromatic rings. The van der Waals surface area contributed by atoms with E-state index in [-0.39, 0.29) is 5.69 Å². The number of fused-ring (bicyclic) bond motifs is 1. The number of para-hydroxylation sites is 1. The number of thiophene rings is 1. The Bertz CT molecular complexity index is 1290. The van der Waals surface area contributed by atoms with Crippen LogP contribution in [0.2, 0.25) is 0 Å². The number of pyridine rings is 1. The molecule has 0 fully saturated rings. The van der Waals surface area contributed by atoms with Gasteiger partial charge in [-0.1, -0.05) is 30.3 Å². The van der Waals surface area contributed by atoms with E-state index >= 15 is 0 Å². The number of nitrogens with one attached hydrogen (secondary N) is 3. The van der Waals surface area contributed by atoms with Crippen LogP contribution in [0.15, 0.2) is 72.1 Å². The second-order valence-corrected chi connectivity index (χ2v) is 7.61. The number of amides is 3. The van der Waals surface area contributed by atoms with Crippen molar-refractivity contribution in [2.45, 2.75) is 6.18 Å². The average molecular weight is 456 g/mol. The van der Waals surface area contributed by atoms with Gasteiger partial charge in [-0.25, -0.2) is 15.2 Å². The second-order valence-electron chi connectivity index (χ2n) is 6.66. The third-order valence-electron chi connectivity index (χ3n) is 4.47. The molecule has 4 rings (SSSR count). The van der Waals surface area contributed by atoms with Gasteiger partial charge in [0, 0.05) is 11.1 Å². The fourth-order valence-corrected chi connectivity index (χ4v) is 3.72. The molecule has 2 aromatic carbocycles. The number of hydrazine groups is 1. The van der Waals surface area contributed by atoms with Gasteiger partial charge < -0.3 is 5.32 Å². The molecule has 0 saturated heterocycles. The van der Waals surface area contributed by atoms with Gasteiger partial charge in [-0.2, -0.15) is 13.2 Å². The Morgan fingerprint density at radius 1 is 0.906 bits per heavy atom. The number of rotatable bonds is 3. The molecule has 32 heavy (non-hydrogen) atoms. The van der Waals surface area contributed by atoms with Crippen LogP contribution in [0.5, 0.6) is 0 Å². The predicted octanol–water partition coefficient (Wildman–Crippen LogP) is 5.45. The Labute approximate surface area is 184 Å². The molecule has 0 radical (unpaired) electrons. The maximum absolute atomic E-state index is 12.8. The smallest absolute Gasteiger partial charge is 0.307 e. The summed E-state index contributed by atoms with van der Waals surface area (Å²) in [5.74, 6) is -0.597. The quantitative estimate of drug-likeness (QED) is 0.359. The minimum absolute atomic E-state index is 0.0686. The normalized spacial score (nSPS) is 11.2. The summed E-state index contributed by atoms with van der Waals surface area (Å²) in [4.78, 5) is 30.3. The van der Waals surface area contributed by atoms with Crippen LogP contribution in [-0.4, -0.2) is 16.9 Å². The predicted molar refractivity (Wildman–Crippen MR) is 116 cm³/mol. The summed E-state index contributed by atoms with van der Waals surface area (Å²) < 4.78 is 38.5. The summed E-state index contributed by atoms with van der Waals surface area (Å²) in [7, 11) is 0. The van der Waals surface area contributed by atoms with Gasteiger partial charge >= 0.3 is 12.2 Å². The van der Waals surface area contributed by atoms with Crippen molar-refractivity contribution in [1.82, 2.24) is 15.8 Å². The van der Waals surface area contributed by atoms with E-state index < -0.39 is 23.7 Å². The number of urea groups is 1. The number of halogens is 3. The van der Waals surface area contributed by atoms with Crippen LogP contribution >= 0.6 is 11.3 Å². The minimum Gasteiger partial charge on any atom is -0.307 e. The Kier molecular flexibility index (Phi) is 5.78. The van der Waals surface area contributed by atoms with Gasteiger partial charge in [-0.15, -0.1) is 11.3 Å². The van der Waals surface area contributed by atoms with Crippen molar-refractivity contribution < 1.29 is 22.8 Å². The molecule has 2 aromatic heterocycles. The molecular weight excluding hydrogens is 441 g/mol. The maximum Gasteiger partial charge on any atom is 0.416 e. The molecule has 0 spiro atoms. The van der Waals surface area contributed by atoms with Crippen LogP contribution in [-0.2, 0) is 6.18 Å². The van der Waals surface area contributed by atoms with Gasteiger partial charge in [0.05, 0.1) is 27.2 Å². The fraction of sp³-hybridized carbons (Fsp3) is 0.0455. The Morgan fingerprint density at radius 3 is 2.47 bits per heavy atom. The molecular formula is C22H15F3N4O2S. The lowest BCUT2D eigenvalue weighted by Crippen LogP contribution is -2.44. The number of aromatic nitrogens is 1. The van der Waals surface area contributed by atoms with Gasteiger partial charge in [0.25, 0.3) is 5.91 Å². The molecule has 2 heterocycles. The first-order valence-electron chi connectivity index (χ1n) is 9.29.